The minimum absolute atomic E-state index is 0.100. The number of carbonyl (C=O) groups excluding carboxylic acids is 3. The van der Waals surface area contributed by atoms with Gasteiger partial charge < -0.3 is 18.9 Å². The van der Waals surface area contributed by atoms with Crippen molar-refractivity contribution in [3.05, 3.63) is 22.2 Å². The van der Waals surface area contributed by atoms with Crippen molar-refractivity contribution in [3.8, 4) is 11.5 Å². The molecule has 0 unspecified atom stereocenters. The summed E-state index contributed by atoms with van der Waals surface area (Å²) >= 11 is 3.33. The zero-order valence-electron chi connectivity index (χ0n) is 13.7. The molecule has 132 valence electrons. The van der Waals surface area contributed by atoms with Crippen LogP contribution in [0.2, 0.25) is 0 Å². The fourth-order valence-electron chi connectivity index (χ4n) is 1.73. The van der Waals surface area contributed by atoms with Crippen LogP contribution in [0.15, 0.2) is 16.6 Å². The summed E-state index contributed by atoms with van der Waals surface area (Å²) in [6, 6.07) is 3.29. The molecule has 0 aliphatic carbocycles. The highest BCUT2D eigenvalue weighted by Gasteiger charge is 2.21. The Hall–Kier alpha value is -2.29. The predicted molar refractivity (Wildman–Crippen MR) is 87.1 cm³/mol. The van der Waals surface area contributed by atoms with Gasteiger partial charge in [0, 0.05) is 4.47 Å². The summed E-state index contributed by atoms with van der Waals surface area (Å²) in [4.78, 5) is 34.5. The van der Waals surface area contributed by atoms with Crippen molar-refractivity contribution < 1.29 is 33.3 Å². The van der Waals surface area contributed by atoms with E-state index in [1.807, 2.05) is 5.32 Å². The van der Waals surface area contributed by atoms with E-state index in [-0.39, 0.29) is 6.42 Å². The summed E-state index contributed by atoms with van der Waals surface area (Å²) in [6.07, 6.45) is -2.17. The topological polar surface area (TPSA) is 100 Å². The van der Waals surface area contributed by atoms with Gasteiger partial charge in [-0.3, -0.25) is 14.9 Å². The van der Waals surface area contributed by atoms with E-state index in [4.69, 9.17) is 14.2 Å². The first-order chi connectivity index (χ1) is 11.3. The lowest BCUT2D eigenvalue weighted by atomic mass is 10.1. The van der Waals surface area contributed by atoms with Crippen molar-refractivity contribution in [1.82, 2.24) is 5.32 Å². The number of benzene rings is 1. The third-order valence-electron chi connectivity index (χ3n) is 2.98. The Morgan fingerprint density at radius 1 is 1.12 bits per heavy atom. The van der Waals surface area contributed by atoms with Crippen LogP contribution in [0.1, 0.15) is 12.5 Å². The van der Waals surface area contributed by atoms with E-state index >= 15 is 0 Å². The average Bonchev–Trinajstić information content (AvgIpc) is 2.55. The van der Waals surface area contributed by atoms with Gasteiger partial charge in [0.1, 0.15) is 0 Å². The van der Waals surface area contributed by atoms with Crippen LogP contribution in [-0.2, 0) is 25.5 Å². The van der Waals surface area contributed by atoms with Crippen LogP contribution >= 0.6 is 15.9 Å². The maximum absolute atomic E-state index is 12.0. The number of nitrogens with one attached hydrogen (secondary N) is 1. The molecular weight excluding hydrogens is 386 g/mol. The Bertz CT molecular complexity index is 632. The molecule has 1 aromatic rings. The van der Waals surface area contributed by atoms with Gasteiger partial charge in [-0.15, -0.1) is 0 Å². The predicted octanol–water partition coefficient (Wildman–Crippen LogP) is 1.82. The van der Waals surface area contributed by atoms with Crippen LogP contribution in [0.5, 0.6) is 11.5 Å². The second-order valence-corrected chi connectivity index (χ2v) is 5.44. The van der Waals surface area contributed by atoms with E-state index in [0.29, 0.717) is 21.5 Å². The molecule has 0 aromatic heterocycles. The molecule has 0 aliphatic rings. The first-order valence-corrected chi connectivity index (χ1v) is 7.60. The highest BCUT2D eigenvalue weighted by Crippen LogP contribution is 2.33. The summed E-state index contributed by atoms with van der Waals surface area (Å²) in [5.74, 6) is -0.454. The SMILES string of the molecule is COC(=O)NC(=O)[C@H](C)OC(=O)Cc1cc(OC)c(OC)cc1Br. The summed E-state index contributed by atoms with van der Waals surface area (Å²) in [5, 5.41) is 1.92. The number of hydrogen-bond acceptors (Lipinski definition) is 7. The Labute approximate surface area is 147 Å². The summed E-state index contributed by atoms with van der Waals surface area (Å²) in [5.41, 5.74) is 0.596. The molecule has 1 aromatic carbocycles. The van der Waals surface area contributed by atoms with Crippen molar-refractivity contribution in [2.24, 2.45) is 0 Å². The molecule has 0 bridgehead atoms. The number of amides is 2. The van der Waals surface area contributed by atoms with Crippen molar-refractivity contribution in [3.63, 3.8) is 0 Å². The largest absolute Gasteiger partial charge is 0.493 e. The zero-order chi connectivity index (χ0) is 18.3. The molecule has 9 heteroatoms. The molecule has 0 saturated heterocycles. The highest BCUT2D eigenvalue weighted by molar-refractivity contribution is 9.10. The number of halogens is 1. The van der Waals surface area contributed by atoms with Gasteiger partial charge in [0.05, 0.1) is 27.8 Å². The van der Waals surface area contributed by atoms with E-state index in [0.717, 1.165) is 7.11 Å². The molecule has 1 atom stereocenters. The van der Waals surface area contributed by atoms with Crippen molar-refractivity contribution in [2.75, 3.05) is 21.3 Å². The highest BCUT2D eigenvalue weighted by atomic mass is 79.9. The summed E-state index contributed by atoms with van der Waals surface area (Å²) in [6.45, 7) is 1.35. The number of hydrogen-bond donors (Lipinski definition) is 1. The molecule has 0 saturated carbocycles. The van der Waals surface area contributed by atoms with Gasteiger partial charge in [-0.25, -0.2) is 4.79 Å². The lowest BCUT2D eigenvalue weighted by molar-refractivity contribution is -0.153. The first-order valence-electron chi connectivity index (χ1n) is 6.81. The number of esters is 1. The molecule has 24 heavy (non-hydrogen) atoms. The molecule has 1 rings (SSSR count). The standard InChI is InChI=1S/C15H18BrNO7/c1-8(14(19)17-15(20)23-4)24-13(18)6-9-5-11(21-2)12(22-3)7-10(9)16/h5,7-8H,6H2,1-4H3,(H,17,19,20)/t8-/m0/s1. The fourth-order valence-corrected chi connectivity index (χ4v) is 2.20. The quantitative estimate of drug-likeness (QED) is 0.722. The molecule has 0 fully saturated rings. The van der Waals surface area contributed by atoms with Crippen LogP contribution in [0, 0.1) is 0 Å². The number of ether oxygens (including phenoxy) is 4. The monoisotopic (exact) mass is 403 g/mol. The Kier molecular flexibility index (Phi) is 7.50. The third kappa shape index (κ3) is 5.41. The number of carbonyl (C=O) groups is 3. The minimum atomic E-state index is -1.14. The van der Waals surface area contributed by atoms with Gasteiger partial charge >= 0.3 is 12.1 Å². The molecule has 2 amide bonds. The van der Waals surface area contributed by atoms with E-state index in [9.17, 15) is 14.4 Å². The second kappa shape index (κ2) is 9.11. The molecule has 0 heterocycles. The van der Waals surface area contributed by atoms with E-state index in [2.05, 4.69) is 20.7 Å². The number of imide groups is 1. The smallest absolute Gasteiger partial charge is 0.413 e. The van der Waals surface area contributed by atoms with E-state index in [1.165, 1.54) is 21.1 Å². The number of rotatable bonds is 6. The maximum Gasteiger partial charge on any atom is 0.413 e. The molecule has 8 nitrogen and oxygen atoms in total. The summed E-state index contributed by atoms with van der Waals surface area (Å²) < 4.78 is 20.2. The molecule has 0 spiro atoms. The third-order valence-corrected chi connectivity index (χ3v) is 3.71. The van der Waals surface area contributed by atoms with Gasteiger partial charge in [0.2, 0.25) is 0 Å². The average molecular weight is 404 g/mol. The van der Waals surface area contributed by atoms with Crippen LogP contribution in [0.25, 0.3) is 0 Å². The minimum Gasteiger partial charge on any atom is -0.493 e. The van der Waals surface area contributed by atoms with E-state index < -0.39 is 24.1 Å². The Morgan fingerprint density at radius 2 is 1.71 bits per heavy atom. The second-order valence-electron chi connectivity index (χ2n) is 4.59. The molecule has 0 aliphatic heterocycles. The zero-order valence-corrected chi connectivity index (χ0v) is 15.3. The summed E-state index contributed by atoms with van der Waals surface area (Å²) in [7, 11) is 4.10. The maximum atomic E-state index is 12.0. The Balaban J connectivity index is 2.74. The molecule has 1 N–H and O–H groups in total. The first kappa shape index (κ1) is 19.8. The van der Waals surface area contributed by atoms with Crippen LogP contribution < -0.4 is 14.8 Å². The van der Waals surface area contributed by atoms with Crippen LogP contribution in [-0.4, -0.2) is 45.4 Å². The van der Waals surface area contributed by atoms with Gasteiger partial charge in [0.15, 0.2) is 17.6 Å². The molecular formula is C15H18BrNO7. The van der Waals surface area contributed by atoms with Crippen LogP contribution in [0.4, 0.5) is 4.79 Å². The lowest BCUT2D eigenvalue weighted by Gasteiger charge is -2.14. The normalized spacial score (nSPS) is 11.2. The number of alkyl carbamates (subject to hydrolysis) is 1. The van der Waals surface area contributed by atoms with Crippen molar-refractivity contribution in [1.29, 1.82) is 0 Å². The fraction of sp³-hybridized carbons (Fsp3) is 0.400. The number of methoxy groups -OCH3 is 3. The van der Waals surface area contributed by atoms with Crippen LogP contribution in [0.3, 0.4) is 0 Å². The van der Waals surface area contributed by atoms with Gasteiger partial charge in [0.25, 0.3) is 5.91 Å². The van der Waals surface area contributed by atoms with Gasteiger partial charge in [-0.2, -0.15) is 0 Å². The molecule has 0 radical (unpaired) electrons. The van der Waals surface area contributed by atoms with Crippen molar-refractivity contribution in [2.45, 2.75) is 19.4 Å². The lowest BCUT2D eigenvalue weighted by Crippen LogP contribution is -2.39. The van der Waals surface area contributed by atoms with Gasteiger partial charge in [-0.05, 0) is 24.6 Å². The Morgan fingerprint density at radius 3 is 2.25 bits per heavy atom. The van der Waals surface area contributed by atoms with Gasteiger partial charge in [-0.1, -0.05) is 15.9 Å². The van der Waals surface area contributed by atoms with Crippen molar-refractivity contribution >= 4 is 33.9 Å². The van der Waals surface area contributed by atoms with E-state index in [1.54, 1.807) is 12.1 Å².